The van der Waals surface area contributed by atoms with Crippen LogP contribution in [0.4, 0.5) is 11.4 Å². The zero-order valence-corrected chi connectivity index (χ0v) is 17.7. The van der Waals surface area contributed by atoms with Gasteiger partial charge in [0.15, 0.2) is 18.1 Å². The van der Waals surface area contributed by atoms with E-state index in [4.69, 9.17) is 19.5 Å². The van der Waals surface area contributed by atoms with E-state index in [0.717, 1.165) is 0 Å². The molecule has 1 N–H and O–H groups in total. The molecule has 0 atom stereocenters. The van der Waals surface area contributed by atoms with E-state index in [1.165, 1.54) is 43.5 Å². The second kappa shape index (κ2) is 11.1. The minimum Gasteiger partial charge on any atom is -0.493 e. The minimum absolute atomic E-state index is 0.142. The summed E-state index contributed by atoms with van der Waals surface area (Å²) in [6, 6.07) is 10.6. The summed E-state index contributed by atoms with van der Waals surface area (Å²) >= 11 is 0. The van der Waals surface area contributed by atoms with Crippen molar-refractivity contribution in [3.8, 4) is 17.6 Å². The Bertz CT molecular complexity index is 1100. The number of nitrogens with zero attached hydrogens (tertiary/aromatic N) is 2. The zero-order chi connectivity index (χ0) is 23.7. The maximum Gasteiger partial charge on any atom is 0.348 e. The van der Waals surface area contributed by atoms with Gasteiger partial charge in [-0.05, 0) is 43.2 Å². The molecule has 0 aliphatic heterocycles. The maximum atomic E-state index is 12.3. The monoisotopic (exact) mass is 439 g/mol. The van der Waals surface area contributed by atoms with Crippen LogP contribution in [0.25, 0.3) is 6.08 Å². The summed E-state index contributed by atoms with van der Waals surface area (Å²) in [6.07, 6.45) is 1.35. The first kappa shape index (κ1) is 23.9. The number of nitrogens with one attached hydrogen (secondary N) is 1. The number of carbonyl (C=O) groups is 2. The molecule has 0 aromatic heterocycles. The van der Waals surface area contributed by atoms with Crippen LogP contribution >= 0.6 is 0 Å². The predicted octanol–water partition coefficient (Wildman–Crippen LogP) is 3.40. The van der Waals surface area contributed by atoms with Gasteiger partial charge < -0.3 is 19.5 Å². The van der Waals surface area contributed by atoms with Gasteiger partial charge in [0.05, 0.1) is 24.3 Å². The molecule has 166 valence electrons. The second-order valence-electron chi connectivity index (χ2n) is 6.39. The maximum absolute atomic E-state index is 12.3. The lowest BCUT2D eigenvalue weighted by Gasteiger charge is -2.12. The fourth-order valence-electron chi connectivity index (χ4n) is 2.59. The summed E-state index contributed by atoms with van der Waals surface area (Å²) < 4.78 is 15.6. The van der Waals surface area contributed by atoms with Crippen molar-refractivity contribution in [1.82, 2.24) is 0 Å². The third-order valence-electron chi connectivity index (χ3n) is 4.18. The number of ether oxygens (including phenoxy) is 3. The standard InChI is InChI=1S/C22H21N3O7/c1-4-31-22(27)16(12-23)9-15-6-8-19(20(10-15)30-3)32-13-21(26)24-18-11-17(25(28)29)7-5-14(18)2/h5-11H,4,13H2,1-3H3,(H,24,26). The third-order valence-corrected chi connectivity index (χ3v) is 4.18. The first-order valence-corrected chi connectivity index (χ1v) is 9.43. The van der Waals surface area contributed by atoms with Crippen molar-refractivity contribution >= 4 is 29.3 Å². The number of hydrogen-bond donors (Lipinski definition) is 1. The molecule has 2 aromatic rings. The Hall–Kier alpha value is -4.39. The van der Waals surface area contributed by atoms with Crippen molar-refractivity contribution in [3.63, 3.8) is 0 Å². The zero-order valence-electron chi connectivity index (χ0n) is 17.7. The van der Waals surface area contributed by atoms with Crippen LogP contribution in [0.2, 0.25) is 0 Å². The number of carbonyl (C=O) groups excluding carboxylic acids is 2. The molecule has 0 unspecified atom stereocenters. The fraction of sp³-hybridized carbons (Fsp3) is 0.227. The summed E-state index contributed by atoms with van der Waals surface area (Å²) in [4.78, 5) is 34.4. The van der Waals surface area contributed by atoms with Crippen LogP contribution in [0.1, 0.15) is 18.1 Å². The number of methoxy groups -OCH3 is 1. The molecular formula is C22H21N3O7. The number of nitro groups is 1. The molecule has 2 aromatic carbocycles. The molecule has 0 bridgehead atoms. The van der Waals surface area contributed by atoms with E-state index in [1.54, 1.807) is 26.0 Å². The van der Waals surface area contributed by atoms with Crippen LogP contribution in [0.3, 0.4) is 0 Å². The quantitative estimate of drug-likeness (QED) is 0.206. The highest BCUT2D eigenvalue weighted by Gasteiger charge is 2.14. The number of hydrogen-bond acceptors (Lipinski definition) is 8. The molecule has 1 amide bonds. The van der Waals surface area contributed by atoms with Crippen molar-refractivity contribution in [3.05, 3.63) is 63.2 Å². The van der Waals surface area contributed by atoms with E-state index in [-0.39, 0.29) is 36.0 Å². The molecular weight excluding hydrogens is 418 g/mol. The number of anilines is 1. The van der Waals surface area contributed by atoms with Gasteiger partial charge in [0.25, 0.3) is 11.6 Å². The van der Waals surface area contributed by atoms with Crippen molar-refractivity contribution in [2.75, 3.05) is 25.6 Å². The molecule has 32 heavy (non-hydrogen) atoms. The number of benzene rings is 2. The molecule has 0 aliphatic carbocycles. The first-order valence-electron chi connectivity index (χ1n) is 9.43. The Balaban J connectivity index is 2.11. The average molecular weight is 439 g/mol. The van der Waals surface area contributed by atoms with Gasteiger partial charge in [0, 0.05) is 12.1 Å². The molecule has 0 saturated carbocycles. The number of non-ortho nitro benzene ring substituents is 1. The molecule has 0 saturated heterocycles. The Morgan fingerprint density at radius 1 is 1.22 bits per heavy atom. The summed E-state index contributed by atoms with van der Waals surface area (Å²) in [7, 11) is 1.40. The van der Waals surface area contributed by atoms with Gasteiger partial charge in [-0.2, -0.15) is 5.26 Å². The second-order valence-corrected chi connectivity index (χ2v) is 6.39. The SMILES string of the molecule is CCOC(=O)C(C#N)=Cc1ccc(OCC(=O)Nc2cc([N+](=O)[O-])ccc2C)c(OC)c1. The van der Waals surface area contributed by atoms with Gasteiger partial charge in [-0.3, -0.25) is 14.9 Å². The molecule has 10 heteroatoms. The van der Waals surface area contributed by atoms with Crippen LogP contribution in [0.5, 0.6) is 11.5 Å². The van der Waals surface area contributed by atoms with Crippen LogP contribution in [0, 0.1) is 28.4 Å². The van der Waals surface area contributed by atoms with Gasteiger partial charge in [0.1, 0.15) is 11.6 Å². The first-order chi connectivity index (χ1) is 15.3. The van der Waals surface area contributed by atoms with Crippen LogP contribution < -0.4 is 14.8 Å². The lowest BCUT2D eigenvalue weighted by atomic mass is 10.1. The van der Waals surface area contributed by atoms with Gasteiger partial charge in [-0.25, -0.2) is 4.79 Å². The van der Waals surface area contributed by atoms with Crippen molar-refractivity contribution in [2.24, 2.45) is 0 Å². The number of rotatable bonds is 9. The van der Waals surface area contributed by atoms with Gasteiger partial charge in [-0.15, -0.1) is 0 Å². The number of esters is 1. The van der Waals surface area contributed by atoms with E-state index in [1.807, 2.05) is 0 Å². The van der Waals surface area contributed by atoms with Crippen LogP contribution in [-0.2, 0) is 14.3 Å². The van der Waals surface area contributed by atoms with E-state index in [2.05, 4.69) is 5.32 Å². The topological polar surface area (TPSA) is 141 Å². The van der Waals surface area contributed by atoms with Gasteiger partial charge in [0.2, 0.25) is 0 Å². The number of nitriles is 1. The van der Waals surface area contributed by atoms with Crippen molar-refractivity contribution in [2.45, 2.75) is 13.8 Å². The molecule has 0 spiro atoms. The number of amides is 1. The largest absolute Gasteiger partial charge is 0.493 e. The molecule has 10 nitrogen and oxygen atoms in total. The Morgan fingerprint density at radius 2 is 1.97 bits per heavy atom. The highest BCUT2D eigenvalue weighted by Crippen LogP contribution is 2.29. The molecule has 0 radical (unpaired) electrons. The third kappa shape index (κ3) is 6.30. The average Bonchev–Trinajstić information content (AvgIpc) is 2.77. The Kier molecular flexibility index (Phi) is 8.30. The summed E-state index contributed by atoms with van der Waals surface area (Å²) in [5.41, 5.74) is 1.15. The number of aryl methyl sites for hydroxylation is 1. The minimum atomic E-state index is -0.734. The van der Waals surface area contributed by atoms with Crippen molar-refractivity contribution < 1.29 is 28.7 Å². The van der Waals surface area contributed by atoms with E-state index in [0.29, 0.717) is 16.8 Å². The molecule has 2 rings (SSSR count). The Labute approximate surface area is 184 Å². The van der Waals surface area contributed by atoms with Gasteiger partial charge in [-0.1, -0.05) is 12.1 Å². The Morgan fingerprint density at radius 3 is 2.59 bits per heavy atom. The van der Waals surface area contributed by atoms with E-state index < -0.39 is 16.8 Å². The lowest BCUT2D eigenvalue weighted by molar-refractivity contribution is -0.384. The molecule has 0 heterocycles. The van der Waals surface area contributed by atoms with Crippen LogP contribution in [-0.4, -0.2) is 37.1 Å². The van der Waals surface area contributed by atoms with E-state index >= 15 is 0 Å². The smallest absolute Gasteiger partial charge is 0.348 e. The van der Waals surface area contributed by atoms with Crippen molar-refractivity contribution in [1.29, 1.82) is 5.26 Å². The molecule has 0 fully saturated rings. The molecule has 0 aliphatic rings. The fourth-order valence-corrected chi connectivity index (χ4v) is 2.59. The highest BCUT2D eigenvalue weighted by atomic mass is 16.6. The van der Waals surface area contributed by atoms with E-state index in [9.17, 15) is 19.7 Å². The van der Waals surface area contributed by atoms with Crippen LogP contribution in [0.15, 0.2) is 42.0 Å². The predicted molar refractivity (Wildman–Crippen MR) is 115 cm³/mol. The lowest BCUT2D eigenvalue weighted by Crippen LogP contribution is -2.21. The normalized spacial score (nSPS) is 10.6. The highest BCUT2D eigenvalue weighted by molar-refractivity contribution is 5.98. The summed E-state index contributed by atoms with van der Waals surface area (Å²) in [5, 5.41) is 22.6. The summed E-state index contributed by atoms with van der Waals surface area (Å²) in [5.74, 6) is -0.722. The number of nitro benzene ring substituents is 1. The van der Waals surface area contributed by atoms with Gasteiger partial charge >= 0.3 is 5.97 Å². The summed E-state index contributed by atoms with van der Waals surface area (Å²) in [6.45, 7) is 3.12.